The fourth-order valence-corrected chi connectivity index (χ4v) is 3.15. The van der Waals surface area contributed by atoms with Gasteiger partial charge in [-0.25, -0.2) is 0 Å². The smallest absolute Gasteiger partial charge is 0.236 e. The van der Waals surface area contributed by atoms with Gasteiger partial charge in [0.25, 0.3) is 0 Å². The minimum atomic E-state index is -0.139. The molecule has 0 N–H and O–H groups in total. The second kappa shape index (κ2) is 1.24. The lowest BCUT2D eigenvalue weighted by molar-refractivity contribution is -0.115. The van der Waals surface area contributed by atoms with Crippen molar-refractivity contribution < 1.29 is 4.79 Å². The first-order valence-electron chi connectivity index (χ1n) is 4.21. The number of nitriles is 1. The zero-order chi connectivity index (χ0) is 7.69. The molecule has 3 aliphatic rings. The molecule has 3 fully saturated rings. The largest absolute Gasteiger partial charge is 0.282 e. The third-order valence-electron chi connectivity index (χ3n) is 3.96. The van der Waals surface area contributed by atoms with Gasteiger partial charge in [-0.15, -0.1) is 0 Å². The molecule has 0 aliphatic heterocycles. The van der Waals surface area contributed by atoms with Crippen molar-refractivity contribution in [3.8, 4) is 6.07 Å². The molecule has 0 radical (unpaired) electrons. The maximum atomic E-state index is 11.1. The minimum absolute atomic E-state index is 0.139. The van der Waals surface area contributed by atoms with E-state index in [0.29, 0.717) is 10.8 Å². The van der Waals surface area contributed by atoms with Gasteiger partial charge in [0, 0.05) is 5.92 Å². The lowest BCUT2D eigenvalue weighted by Crippen LogP contribution is -1.98. The quantitative estimate of drug-likeness (QED) is 0.524. The first kappa shape index (κ1) is 5.77. The van der Waals surface area contributed by atoms with Gasteiger partial charge in [0.05, 0.1) is 0 Å². The zero-order valence-electron chi connectivity index (χ0n) is 6.26. The number of rotatable bonds is 1. The molecule has 0 aromatic heterocycles. The Morgan fingerprint density at radius 3 is 2.00 bits per heavy atom. The van der Waals surface area contributed by atoms with Gasteiger partial charge in [-0.3, -0.25) is 4.79 Å². The van der Waals surface area contributed by atoms with Crippen molar-refractivity contribution in [1.82, 2.24) is 0 Å². The molecule has 2 nitrogen and oxygen atoms in total. The van der Waals surface area contributed by atoms with Gasteiger partial charge in [0.1, 0.15) is 6.07 Å². The number of carbonyl (C=O) groups is 1. The van der Waals surface area contributed by atoms with Crippen LogP contribution in [0.4, 0.5) is 0 Å². The van der Waals surface area contributed by atoms with Gasteiger partial charge in [-0.1, -0.05) is 0 Å². The first-order chi connectivity index (χ1) is 5.27. The Morgan fingerprint density at radius 1 is 1.27 bits per heavy atom. The number of hydrogen-bond donors (Lipinski definition) is 0. The molecule has 2 heteroatoms. The summed E-state index contributed by atoms with van der Waals surface area (Å²) in [6.07, 6.45) is 4.85. The van der Waals surface area contributed by atoms with Crippen LogP contribution in [-0.2, 0) is 4.79 Å². The van der Waals surface area contributed by atoms with Gasteiger partial charge in [-0.2, -0.15) is 5.26 Å². The van der Waals surface area contributed by atoms with Gasteiger partial charge >= 0.3 is 0 Å². The average Bonchev–Trinajstić information content (AvgIpc) is 2.80. The zero-order valence-corrected chi connectivity index (χ0v) is 6.26. The molecule has 0 saturated heterocycles. The monoisotopic (exact) mass is 147 g/mol. The summed E-state index contributed by atoms with van der Waals surface area (Å²) in [5, 5.41) is 8.47. The Balaban J connectivity index is 1.94. The summed E-state index contributed by atoms with van der Waals surface area (Å²) in [4.78, 5) is 11.1. The highest BCUT2D eigenvalue weighted by atomic mass is 16.1. The predicted molar refractivity (Wildman–Crippen MR) is 37.4 cm³/mol. The molecule has 0 amide bonds. The second-order valence-corrected chi connectivity index (χ2v) is 4.22. The van der Waals surface area contributed by atoms with Crippen LogP contribution >= 0.6 is 0 Å². The van der Waals surface area contributed by atoms with Gasteiger partial charge in [0.2, 0.25) is 5.78 Å². The van der Waals surface area contributed by atoms with E-state index in [1.54, 1.807) is 6.07 Å². The third kappa shape index (κ3) is 0.402. The second-order valence-electron chi connectivity index (χ2n) is 4.22. The van der Waals surface area contributed by atoms with Gasteiger partial charge < -0.3 is 0 Å². The number of hydrogen-bond acceptors (Lipinski definition) is 2. The molecule has 3 saturated carbocycles. The van der Waals surface area contributed by atoms with Crippen LogP contribution in [0, 0.1) is 28.1 Å². The van der Waals surface area contributed by atoms with E-state index >= 15 is 0 Å². The molecule has 0 aromatic rings. The van der Waals surface area contributed by atoms with Crippen LogP contribution in [-0.4, -0.2) is 5.78 Å². The molecule has 3 aliphatic carbocycles. The highest BCUT2D eigenvalue weighted by molar-refractivity contribution is 6.00. The summed E-state index contributed by atoms with van der Waals surface area (Å²) in [5.41, 5.74) is 0.750. The summed E-state index contributed by atoms with van der Waals surface area (Å²) >= 11 is 0. The van der Waals surface area contributed by atoms with Crippen molar-refractivity contribution in [1.29, 1.82) is 5.26 Å². The number of carbonyl (C=O) groups excluding carboxylic acids is 1. The lowest BCUT2D eigenvalue weighted by Gasteiger charge is -1.80. The molecule has 56 valence electrons. The Labute approximate surface area is 65.2 Å². The third-order valence-corrected chi connectivity index (χ3v) is 3.96. The summed E-state index contributed by atoms with van der Waals surface area (Å²) in [6, 6.07) is 1.78. The van der Waals surface area contributed by atoms with E-state index in [9.17, 15) is 4.79 Å². The molecule has 0 atom stereocenters. The molecule has 0 bridgehead atoms. The SMILES string of the molecule is N#CC(=O)C1C2(CC2)C12CC2. The summed E-state index contributed by atoms with van der Waals surface area (Å²) in [5.74, 6) is 0.0278. The van der Waals surface area contributed by atoms with E-state index in [1.807, 2.05) is 0 Å². The maximum absolute atomic E-state index is 11.1. The fourth-order valence-electron chi connectivity index (χ4n) is 3.15. The van der Waals surface area contributed by atoms with Crippen LogP contribution in [0.5, 0.6) is 0 Å². The Bertz CT molecular complexity index is 273. The normalized spacial score (nSPS) is 38.3. The molecule has 0 unspecified atom stereocenters. The Hall–Kier alpha value is -0.840. The van der Waals surface area contributed by atoms with Gasteiger partial charge in [-0.05, 0) is 36.5 Å². The topological polar surface area (TPSA) is 40.9 Å². The van der Waals surface area contributed by atoms with Crippen LogP contribution in [0.15, 0.2) is 0 Å². The van der Waals surface area contributed by atoms with E-state index < -0.39 is 0 Å². The molecule has 11 heavy (non-hydrogen) atoms. The van der Waals surface area contributed by atoms with E-state index in [1.165, 1.54) is 25.7 Å². The van der Waals surface area contributed by atoms with Crippen molar-refractivity contribution in [2.45, 2.75) is 25.7 Å². The van der Waals surface area contributed by atoms with E-state index in [2.05, 4.69) is 0 Å². The lowest BCUT2D eigenvalue weighted by atomic mass is 10.2. The number of fused-ring (bicyclic) bond motifs is 1. The van der Waals surface area contributed by atoms with Crippen LogP contribution in [0.1, 0.15) is 25.7 Å². The molecule has 3 rings (SSSR count). The number of nitrogens with zero attached hydrogens (tertiary/aromatic N) is 1. The highest BCUT2D eigenvalue weighted by Gasteiger charge is 2.88. The standard InChI is InChI=1S/C9H9NO/c10-5-6(11)7-8(1-2-8)9(7)3-4-9/h7H,1-4H2. The predicted octanol–water partition coefficient (Wildman–Crippen LogP) is 1.27. The van der Waals surface area contributed by atoms with Crippen LogP contribution < -0.4 is 0 Å². The molecule has 2 spiro atoms. The Morgan fingerprint density at radius 2 is 1.73 bits per heavy atom. The van der Waals surface area contributed by atoms with Crippen LogP contribution in [0.25, 0.3) is 0 Å². The van der Waals surface area contributed by atoms with E-state index in [-0.39, 0.29) is 11.7 Å². The first-order valence-corrected chi connectivity index (χ1v) is 4.21. The van der Waals surface area contributed by atoms with Crippen LogP contribution in [0.2, 0.25) is 0 Å². The number of ketones is 1. The number of Topliss-reactive ketones (excluding diaryl/α,β-unsaturated/α-hetero) is 1. The van der Waals surface area contributed by atoms with Crippen molar-refractivity contribution in [2.75, 3.05) is 0 Å². The molecular formula is C9H9NO. The molecular weight excluding hydrogens is 138 g/mol. The fraction of sp³-hybridized carbons (Fsp3) is 0.778. The van der Waals surface area contributed by atoms with Crippen molar-refractivity contribution in [2.24, 2.45) is 16.7 Å². The Kier molecular flexibility index (Phi) is 0.651. The van der Waals surface area contributed by atoms with Gasteiger partial charge in [0.15, 0.2) is 0 Å². The maximum Gasteiger partial charge on any atom is 0.236 e. The van der Waals surface area contributed by atoms with Crippen molar-refractivity contribution in [3.63, 3.8) is 0 Å². The van der Waals surface area contributed by atoms with E-state index in [4.69, 9.17) is 5.26 Å². The summed E-state index contributed by atoms with van der Waals surface area (Å²) < 4.78 is 0. The van der Waals surface area contributed by atoms with Crippen molar-refractivity contribution in [3.05, 3.63) is 0 Å². The summed E-state index contributed by atoms with van der Waals surface area (Å²) in [7, 11) is 0. The average molecular weight is 147 g/mol. The van der Waals surface area contributed by atoms with Crippen LogP contribution in [0.3, 0.4) is 0 Å². The highest BCUT2D eigenvalue weighted by Crippen LogP contribution is 2.92. The minimum Gasteiger partial charge on any atom is -0.282 e. The van der Waals surface area contributed by atoms with E-state index in [0.717, 1.165) is 0 Å². The van der Waals surface area contributed by atoms with Crippen molar-refractivity contribution >= 4 is 5.78 Å². The molecule has 0 heterocycles. The summed E-state index contributed by atoms with van der Waals surface area (Å²) in [6.45, 7) is 0. The molecule has 0 aromatic carbocycles.